The molecule has 0 spiro atoms. The summed E-state index contributed by atoms with van der Waals surface area (Å²) in [5.74, 6) is 1.20. The van der Waals surface area contributed by atoms with Gasteiger partial charge in [0.1, 0.15) is 5.76 Å². The highest BCUT2D eigenvalue weighted by Crippen LogP contribution is 2.15. The molecule has 0 amide bonds. The fraction of sp³-hybridized carbons (Fsp3) is 0.450. The quantitative estimate of drug-likeness (QED) is 0.253. The number of hydrogen-bond donors (Lipinski definition) is 0. The fourth-order valence-electron chi connectivity index (χ4n) is 1.63. The van der Waals surface area contributed by atoms with Crippen LogP contribution in [0.2, 0.25) is 0 Å². The molecule has 0 saturated heterocycles. The summed E-state index contributed by atoms with van der Waals surface area (Å²) in [4.78, 5) is 11.8. The topological polar surface area (TPSA) is 26.3 Å². The first-order valence-electron chi connectivity index (χ1n) is 8.11. The van der Waals surface area contributed by atoms with E-state index in [4.69, 9.17) is 4.74 Å². The van der Waals surface area contributed by atoms with Gasteiger partial charge >= 0.3 is 5.97 Å². The maximum Gasteiger partial charge on any atom is 0.335 e. The Bertz CT molecular complexity index is 488. The van der Waals surface area contributed by atoms with Crippen LogP contribution >= 0.6 is 15.9 Å². The second kappa shape index (κ2) is 13.1. The third-order valence-electron chi connectivity index (χ3n) is 2.79. The molecule has 2 nitrogen and oxygen atoms in total. The summed E-state index contributed by atoms with van der Waals surface area (Å²) in [6.07, 6.45) is 6.18. The van der Waals surface area contributed by atoms with Crippen LogP contribution in [0, 0.1) is 11.8 Å². The second-order valence-corrected chi connectivity index (χ2v) is 6.94. The molecule has 0 aromatic heterocycles. The van der Waals surface area contributed by atoms with Crippen molar-refractivity contribution in [1.29, 1.82) is 0 Å². The Labute approximate surface area is 149 Å². The molecule has 0 bridgehead atoms. The number of ether oxygens (including phenoxy) is 1. The summed E-state index contributed by atoms with van der Waals surface area (Å²) in [7, 11) is 0. The van der Waals surface area contributed by atoms with E-state index in [0.29, 0.717) is 5.92 Å². The van der Waals surface area contributed by atoms with E-state index in [9.17, 15) is 4.79 Å². The predicted molar refractivity (Wildman–Crippen MR) is 103 cm³/mol. The molecule has 0 aliphatic heterocycles. The van der Waals surface area contributed by atoms with E-state index >= 15 is 0 Å². The molecule has 0 heterocycles. The van der Waals surface area contributed by atoms with Crippen molar-refractivity contribution in [3.05, 3.63) is 53.8 Å². The molecule has 128 valence electrons. The number of allylic oxidation sites excluding steroid dienone is 2. The Morgan fingerprint density at radius 2 is 1.74 bits per heavy atom. The predicted octanol–water partition coefficient (Wildman–Crippen LogP) is 6.23. The van der Waals surface area contributed by atoms with Crippen LogP contribution in [0.4, 0.5) is 0 Å². The Morgan fingerprint density at radius 3 is 2.22 bits per heavy atom. The Hall–Kier alpha value is -1.35. The standard InChI is InChI=1S/C18H24O2.C2H5Br/c1-14(2)10-12-17(15(3)4)20-18(19)13-11-16-8-6-5-7-9-16;1-2-3/h5-9,11-15H,10H2,1-4H3;2H2,1H3/b13-11+,17-12+;. The number of carbonyl (C=O) groups is 1. The van der Waals surface area contributed by atoms with Crippen LogP contribution in [0.25, 0.3) is 6.08 Å². The monoisotopic (exact) mass is 380 g/mol. The van der Waals surface area contributed by atoms with Gasteiger partial charge in [-0.15, -0.1) is 0 Å². The van der Waals surface area contributed by atoms with Gasteiger partial charge in [0.25, 0.3) is 0 Å². The van der Waals surface area contributed by atoms with Gasteiger partial charge < -0.3 is 4.74 Å². The van der Waals surface area contributed by atoms with Crippen molar-refractivity contribution in [2.75, 3.05) is 5.33 Å². The van der Waals surface area contributed by atoms with Gasteiger partial charge in [0.05, 0.1) is 0 Å². The molecule has 1 rings (SSSR count). The zero-order valence-corrected chi connectivity index (χ0v) is 16.5. The van der Waals surface area contributed by atoms with Gasteiger partial charge in [-0.2, -0.15) is 0 Å². The van der Waals surface area contributed by atoms with E-state index in [1.807, 2.05) is 57.2 Å². The molecular formula is C20H29BrO2. The first-order valence-corrected chi connectivity index (χ1v) is 9.23. The van der Waals surface area contributed by atoms with Gasteiger partial charge in [0.15, 0.2) is 0 Å². The van der Waals surface area contributed by atoms with Crippen LogP contribution < -0.4 is 0 Å². The average molecular weight is 381 g/mol. The van der Waals surface area contributed by atoms with Gasteiger partial charge in [-0.3, -0.25) is 0 Å². The molecule has 0 saturated carbocycles. The Kier molecular flexibility index (Phi) is 12.4. The summed E-state index contributed by atoms with van der Waals surface area (Å²) in [6.45, 7) is 10.4. The van der Waals surface area contributed by atoms with Crippen molar-refractivity contribution in [3.8, 4) is 0 Å². The first kappa shape index (κ1) is 21.6. The largest absolute Gasteiger partial charge is 0.428 e. The highest BCUT2D eigenvalue weighted by atomic mass is 79.9. The second-order valence-electron chi connectivity index (χ2n) is 5.82. The van der Waals surface area contributed by atoms with Crippen molar-refractivity contribution >= 4 is 28.0 Å². The van der Waals surface area contributed by atoms with Crippen molar-refractivity contribution in [3.63, 3.8) is 0 Å². The van der Waals surface area contributed by atoms with Gasteiger partial charge in [-0.05, 0) is 30.1 Å². The number of benzene rings is 1. The van der Waals surface area contributed by atoms with Crippen LogP contribution in [0.1, 0.15) is 46.6 Å². The lowest BCUT2D eigenvalue weighted by Crippen LogP contribution is -2.06. The lowest BCUT2D eigenvalue weighted by atomic mass is 10.1. The molecule has 0 radical (unpaired) electrons. The molecule has 3 heteroatoms. The molecule has 0 aliphatic carbocycles. The van der Waals surface area contributed by atoms with Crippen molar-refractivity contribution in [1.82, 2.24) is 0 Å². The smallest absolute Gasteiger partial charge is 0.335 e. The molecule has 0 unspecified atom stereocenters. The van der Waals surface area contributed by atoms with E-state index in [1.54, 1.807) is 6.08 Å². The maximum atomic E-state index is 11.8. The van der Waals surface area contributed by atoms with Crippen molar-refractivity contribution in [2.45, 2.75) is 41.0 Å². The third-order valence-corrected chi connectivity index (χ3v) is 2.79. The van der Waals surface area contributed by atoms with Crippen LogP contribution in [-0.2, 0) is 9.53 Å². The van der Waals surface area contributed by atoms with Crippen LogP contribution in [0.5, 0.6) is 0 Å². The van der Waals surface area contributed by atoms with Crippen LogP contribution in [0.15, 0.2) is 48.2 Å². The number of alkyl halides is 1. The van der Waals surface area contributed by atoms with Gasteiger partial charge in [0.2, 0.25) is 0 Å². The van der Waals surface area contributed by atoms with E-state index in [0.717, 1.165) is 23.1 Å². The lowest BCUT2D eigenvalue weighted by molar-refractivity contribution is -0.134. The minimum absolute atomic E-state index is 0.211. The Balaban J connectivity index is 0.00000149. The van der Waals surface area contributed by atoms with Gasteiger partial charge in [-0.1, -0.05) is 80.9 Å². The van der Waals surface area contributed by atoms with Crippen molar-refractivity contribution < 1.29 is 9.53 Å². The van der Waals surface area contributed by atoms with E-state index in [2.05, 4.69) is 29.8 Å². The normalized spacial score (nSPS) is 11.6. The van der Waals surface area contributed by atoms with Crippen molar-refractivity contribution in [2.24, 2.45) is 11.8 Å². The van der Waals surface area contributed by atoms with Gasteiger partial charge in [0, 0.05) is 17.3 Å². The zero-order valence-electron chi connectivity index (χ0n) is 14.9. The summed E-state index contributed by atoms with van der Waals surface area (Å²) in [5, 5.41) is 1.06. The number of esters is 1. The summed E-state index contributed by atoms with van der Waals surface area (Å²) in [6, 6.07) is 9.71. The first-order chi connectivity index (χ1) is 10.9. The minimum Gasteiger partial charge on any atom is -0.428 e. The third kappa shape index (κ3) is 11.8. The Morgan fingerprint density at radius 1 is 1.17 bits per heavy atom. The average Bonchev–Trinajstić information content (AvgIpc) is 2.50. The highest BCUT2D eigenvalue weighted by molar-refractivity contribution is 9.09. The van der Waals surface area contributed by atoms with Crippen LogP contribution in [0.3, 0.4) is 0 Å². The highest BCUT2D eigenvalue weighted by Gasteiger charge is 2.08. The van der Waals surface area contributed by atoms with E-state index < -0.39 is 0 Å². The zero-order chi connectivity index (χ0) is 17.7. The van der Waals surface area contributed by atoms with Gasteiger partial charge in [-0.25, -0.2) is 4.79 Å². The van der Waals surface area contributed by atoms with E-state index in [-0.39, 0.29) is 11.9 Å². The molecule has 23 heavy (non-hydrogen) atoms. The number of rotatable bonds is 6. The van der Waals surface area contributed by atoms with Crippen LogP contribution in [-0.4, -0.2) is 11.3 Å². The molecule has 0 fully saturated rings. The number of carbonyl (C=O) groups excluding carboxylic acids is 1. The maximum absolute atomic E-state index is 11.8. The number of hydrogen-bond acceptors (Lipinski definition) is 2. The molecule has 0 atom stereocenters. The molecule has 1 aromatic carbocycles. The molecule has 0 aliphatic rings. The van der Waals surface area contributed by atoms with E-state index in [1.165, 1.54) is 6.08 Å². The molecule has 0 N–H and O–H groups in total. The summed E-state index contributed by atoms with van der Waals surface area (Å²) >= 11 is 3.15. The minimum atomic E-state index is -0.322. The summed E-state index contributed by atoms with van der Waals surface area (Å²) in [5.41, 5.74) is 0.988. The fourth-order valence-corrected chi connectivity index (χ4v) is 1.63. The number of halogens is 1. The molecule has 1 aromatic rings. The summed E-state index contributed by atoms with van der Waals surface area (Å²) < 4.78 is 5.42. The SMILES string of the molecule is CC(C)C/C=C(/OC(=O)/C=C/c1ccccc1)C(C)C.CCBr. The lowest BCUT2D eigenvalue weighted by Gasteiger charge is -2.11. The molecular weight excluding hydrogens is 352 g/mol.